The van der Waals surface area contributed by atoms with Crippen molar-refractivity contribution >= 4 is 28.9 Å². The van der Waals surface area contributed by atoms with Gasteiger partial charge >= 0.3 is 0 Å². The number of piperidine rings is 2. The molecule has 0 saturated carbocycles. The maximum Gasteiger partial charge on any atom is 0.225 e. The lowest BCUT2D eigenvalue weighted by Gasteiger charge is -2.36. The Morgan fingerprint density at radius 1 is 1.00 bits per heavy atom. The van der Waals surface area contributed by atoms with Crippen molar-refractivity contribution in [2.75, 3.05) is 26.2 Å². The average molecular weight is 377 g/mol. The standard InChI is InChI=1S/C20H28N2O3S/c1-15-6-10-22(11-7-15)20(25)16-8-12-21(13-9-16)19(24)5-4-17(23)18-3-2-14-26-18/h2-3,14-16H,4-13H2,1H3. The lowest BCUT2D eigenvalue weighted by Crippen LogP contribution is -2.46. The first-order valence-electron chi connectivity index (χ1n) is 9.68. The highest BCUT2D eigenvalue weighted by Gasteiger charge is 2.31. The molecule has 26 heavy (non-hydrogen) atoms. The fraction of sp³-hybridized carbons (Fsp3) is 0.650. The fourth-order valence-corrected chi connectivity index (χ4v) is 4.50. The smallest absolute Gasteiger partial charge is 0.225 e. The molecule has 2 aliphatic heterocycles. The third kappa shape index (κ3) is 4.72. The summed E-state index contributed by atoms with van der Waals surface area (Å²) in [6, 6.07) is 3.65. The maximum atomic E-state index is 12.7. The Morgan fingerprint density at radius 3 is 2.27 bits per heavy atom. The van der Waals surface area contributed by atoms with Crippen molar-refractivity contribution in [2.24, 2.45) is 11.8 Å². The van der Waals surface area contributed by atoms with Crippen molar-refractivity contribution in [2.45, 2.75) is 45.4 Å². The number of carbonyl (C=O) groups is 3. The van der Waals surface area contributed by atoms with E-state index in [1.807, 2.05) is 21.2 Å². The lowest BCUT2D eigenvalue weighted by atomic mass is 9.92. The second kappa shape index (κ2) is 8.80. The highest BCUT2D eigenvalue weighted by atomic mass is 32.1. The van der Waals surface area contributed by atoms with E-state index in [9.17, 15) is 14.4 Å². The molecule has 0 aliphatic carbocycles. The first-order chi connectivity index (χ1) is 12.5. The number of carbonyl (C=O) groups excluding carboxylic acids is 3. The van der Waals surface area contributed by atoms with Crippen LogP contribution in [0, 0.1) is 11.8 Å². The molecule has 0 N–H and O–H groups in total. The monoisotopic (exact) mass is 376 g/mol. The van der Waals surface area contributed by atoms with E-state index in [-0.39, 0.29) is 36.4 Å². The first-order valence-corrected chi connectivity index (χ1v) is 10.6. The molecule has 5 nitrogen and oxygen atoms in total. The molecular weight excluding hydrogens is 348 g/mol. The van der Waals surface area contributed by atoms with Gasteiger partial charge in [0.1, 0.15) is 0 Å². The van der Waals surface area contributed by atoms with Gasteiger partial charge in [-0.25, -0.2) is 0 Å². The minimum atomic E-state index is 0.0348. The van der Waals surface area contributed by atoms with Crippen LogP contribution in [0.5, 0.6) is 0 Å². The Bertz CT molecular complexity index is 627. The number of hydrogen-bond acceptors (Lipinski definition) is 4. The minimum Gasteiger partial charge on any atom is -0.343 e. The molecule has 2 saturated heterocycles. The van der Waals surface area contributed by atoms with Crippen molar-refractivity contribution in [3.63, 3.8) is 0 Å². The molecule has 3 heterocycles. The van der Waals surface area contributed by atoms with Crippen molar-refractivity contribution in [3.05, 3.63) is 22.4 Å². The molecule has 1 aromatic rings. The van der Waals surface area contributed by atoms with E-state index in [0.717, 1.165) is 49.6 Å². The summed E-state index contributed by atoms with van der Waals surface area (Å²) in [6.07, 6.45) is 4.22. The van der Waals surface area contributed by atoms with Crippen LogP contribution < -0.4 is 0 Å². The van der Waals surface area contributed by atoms with E-state index in [1.54, 1.807) is 6.07 Å². The van der Waals surface area contributed by atoms with Crippen LogP contribution in [-0.2, 0) is 9.59 Å². The van der Waals surface area contributed by atoms with E-state index >= 15 is 0 Å². The van der Waals surface area contributed by atoms with Crippen molar-refractivity contribution < 1.29 is 14.4 Å². The van der Waals surface area contributed by atoms with Crippen LogP contribution in [0.1, 0.15) is 55.1 Å². The zero-order valence-electron chi connectivity index (χ0n) is 15.5. The van der Waals surface area contributed by atoms with Crippen LogP contribution in [-0.4, -0.2) is 53.6 Å². The summed E-state index contributed by atoms with van der Waals surface area (Å²) in [6.45, 7) is 5.27. The molecule has 2 amide bonds. The molecule has 0 unspecified atom stereocenters. The van der Waals surface area contributed by atoms with E-state index < -0.39 is 0 Å². The second-order valence-electron chi connectivity index (χ2n) is 7.56. The highest BCUT2D eigenvalue weighted by Crippen LogP contribution is 2.24. The Hall–Kier alpha value is -1.69. The van der Waals surface area contributed by atoms with Gasteiger partial charge < -0.3 is 9.80 Å². The molecule has 3 rings (SSSR count). The normalized spacial score (nSPS) is 19.6. The Morgan fingerprint density at radius 2 is 1.65 bits per heavy atom. The van der Waals surface area contributed by atoms with Crippen molar-refractivity contribution in [1.29, 1.82) is 0 Å². The summed E-state index contributed by atoms with van der Waals surface area (Å²) in [7, 11) is 0. The van der Waals surface area contributed by atoms with Gasteiger partial charge in [-0.2, -0.15) is 0 Å². The summed E-state index contributed by atoms with van der Waals surface area (Å²) in [5.41, 5.74) is 0. The number of amides is 2. The molecule has 1 aromatic heterocycles. The highest BCUT2D eigenvalue weighted by molar-refractivity contribution is 7.12. The van der Waals surface area contributed by atoms with Crippen LogP contribution in [0.2, 0.25) is 0 Å². The third-order valence-electron chi connectivity index (χ3n) is 5.65. The van der Waals surface area contributed by atoms with Gasteiger partial charge in [-0.15, -0.1) is 11.3 Å². The number of nitrogens with zero attached hydrogens (tertiary/aromatic N) is 2. The lowest BCUT2D eigenvalue weighted by molar-refractivity contribution is -0.141. The van der Waals surface area contributed by atoms with E-state index in [1.165, 1.54) is 11.3 Å². The molecule has 2 aliphatic rings. The Balaban J connectivity index is 1.41. The Kier molecular flexibility index (Phi) is 6.46. The third-order valence-corrected chi connectivity index (χ3v) is 6.57. The summed E-state index contributed by atoms with van der Waals surface area (Å²) in [4.78, 5) is 41.6. The molecule has 0 bridgehead atoms. The van der Waals surface area contributed by atoms with Crippen molar-refractivity contribution in [1.82, 2.24) is 9.80 Å². The van der Waals surface area contributed by atoms with Gasteiger partial charge in [-0.1, -0.05) is 13.0 Å². The predicted molar refractivity (Wildman–Crippen MR) is 102 cm³/mol. The quantitative estimate of drug-likeness (QED) is 0.742. The van der Waals surface area contributed by atoms with Gasteiger partial charge in [0.05, 0.1) is 4.88 Å². The number of likely N-dealkylation sites (tertiary alicyclic amines) is 2. The largest absolute Gasteiger partial charge is 0.343 e. The van der Waals surface area contributed by atoms with Gasteiger partial charge in [0.2, 0.25) is 11.8 Å². The van der Waals surface area contributed by atoms with Crippen molar-refractivity contribution in [3.8, 4) is 0 Å². The molecule has 0 atom stereocenters. The minimum absolute atomic E-state index is 0.0348. The SMILES string of the molecule is CC1CCN(C(=O)C2CCN(C(=O)CCC(=O)c3cccs3)CC2)CC1. The molecule has 0 spiro atoms. The van der Waals surface area contributed by atoms with Gasteiger partial charge in [-0.3, -0.25) is 14.4 Å². The molecule has 0 radical (unpaired) electrons. The predicted octanol–water partition coefficient (Wildman–Crippen LogP) is 3.21. The van der Waals surface area contributed by atoms with Gasteiger partial charge in [0.25, 0.3) is 0 Å². The number of Topliss-reactive ketones (excluding diaryl/α,β-unsaturated/α-hetero) is 1. The fourth-order valence-electron chi connectivity index (χ4n) is 3.80. The maximum absolute atomic E-state index is 12.7. The summed E-state index contributed by atoms with van der Waals surface area (Å²) in [5, 5.41) is 1.87. The van der Waals surface area contributed by atoms with Crippen LogP contribution in [0.15, 0.2) is 17.5 Å². The van der Waals surface area contributed by atoms with E-state index in [0.29, 0.717) is 13.1 Å². The van der Waals surface area contributed by atoms with Gasteiger partial charge in [-0.05, 0) is 43.0 Å². The van der Waals surface area contributed by atoms with E-state index in [2.05, 4.69) is 6.92 Å². The van der Waals surface area contributed by atoms with Gasteiger partial charge in [0, 0.05) is 44.9 Å². The Labute approximate surface area is 159 Å². The summed E-state index contributed by atoms with van der Waals surface area (Å²) in [5.74, 6) is 1.12. The molecule has 2 fully saturated rings. The molecule has 6 heteroatoms. The first kappa shape index (κ1) is 19.1. The zero-order chi connectivity index (χ0) is 18.5. The van der Waals surface area contributed by atoms with Crippen LogP contribution in [0.3, 0.4) is 0 Å². The number of thiophene rings is 1. The second-order valence-corrected chi connectivity index (χ2v) is 8.51. The van der Waals surface area contributed by atoms with Crippen LogP contribution in [0.4, 0.5) is 0 Å². The number of rotatable bonds is 5. The molecular formula is C20H28N2O3S. The number of ketones is 1. The van der Waals surface area contributed by atoms with Crippen LogP contribution in [0.25, 0.3) is 0 Å². The topological polar surface area (TPSA) is 57.7 Å². The average Bonchev–Trinajstić information content (AvgIpc) is 3.21. The summed E-state index contributed by atoms with van der Waals surface area (Å²) >= 11 is 1.42. The van der Waals surface area contributed by atoms with Crippen LogP contribution >= 0.6 is 11.3 Å². The molecule has 142 valence electrons. The number of hydrogen-bond donors (Lipinski definition) is 0. The molecule has 0 aromatic carbocycles. The summed E-state index contributed by atoms with van der Waals surface area (Å²) < 4.78 is 0. The zero-order valence-corrected chi connectivity index (χ0v) is 16.3. The van der Waals surface area contributed by atoms with E-state index in [4.69, 9.17) is 0 Å². The van der Waals surface area contributed by atoms with Gasteiger partial charge in [0.15, 0.2) is 5.78 Å².